The molecule has 1 fully saturated rings. The van der Waals surface area contributed by atoms with Gasteiger partial charge in [0.2, 0.25) is 10.0 Å². The van der Waals surface area contributed by atoms with Gasteiger partial charge in [0.05, 0.1) is 12.6 Å². The number of aromatic nitrogens is 1. The van der Waals surface area contributed by atoms with E-state index in [1.807, 2.05) is 30.3 Å². The summed E-state index contributed by atoms with van der Waals surface area (Å²) in [5, 5.41) is 1.51. The number of nitrogens with one attached hydrogen (secondary N) is 1. The van der Waals surface area contributed by atoms with Crippen LogP contribution in [0.1, 0.15) is 17.3 Å². The molecule has 6 nitrogen and oxygen atoms in total. The van der Waals surface area contributed by atoms with Crippen LogP contribution in [0.2, 0.25) is 5.02 Å². The molecule has 0 aliphatic carbocycles. The zero-order valence-corrected chi connectivity index (χ0v) is 15.4. The van der Waals surface area contributed by atoms with Crippen molar-refractivity contribution in [2.45, 2.75) is 17.7 Å². The maximum absolute atomic E-state index is 12.8. The number of hydrogen-bond donors (Lipinski definition) is 1. The van der Waals surface area contributed by atoms with Crippen LogP contribution in [0.5, 0.6) is 0 Å². The topological polar surface area (TPSA) is 71.5 Å². The van der Waals surface area contributed by atoms with E-state index in [-0.39, 0.29) is 12.6 Å². The molecule has 2 heterocycles. The average molecular weight is 382 g/mol. The highest BCUT2D eigenvalue weighted by atomic mass is 35.5. The highest BCUT2D eigenvalue weighted by Gasteiger charge is 2.42. The second-order valence-corrected chi connectivity index (χ2v) is 8.31. The lowest BCUT2D eigenvalue weighted by Crippen LogP contribution is -2.40. The molecule has 0 bridgehead atoms. The van der Waals surface area contributed by atoms with Crippen molar-refractivity contribution in [2.24, 2.45) is 0 Å². The van der Waals surface area contributed by atoms with Crippen LogP contribution in [-0.4, -0.2) is 43.9 Å². The molecule has 0 saturated carbocycles. The normalized spacial score (nSPS) is 21.5. The minimum Gasteiger partial charge on any atom is -0.297 e. The Kier molecular flexibility index (Phi) is 5.71. The first-order chi connectivity index (χ1) is 12.0. The molecule has 2 unspecified atom stereocenters. The summed E-state index contributed by atoms with van der Waals surface area (Å²) < 4.78 is 28.2. The lowest BCUT2D eigenvalue weighted by Gasteiger charge is -2.23. The first kappa shape index (κ1) is 18.3. The lowest BCUT2D eigenvalue weighted by molar-refractivity contribution is -0.110. The second kappa shape index (κ2) is 7.80. The summed E-state index contributed by atoms with van der Waals surface area (Å²) >= 11 is 5.93. The first-order valence-electron chi connectivity index (χ1n) is 7.97. The summed E-state index contributed by atoms with van der Waals surface area (Å²) in [4.78, 5) is 9.68. The van der Waals surface area contributed by atoms with Gasteiger partial charge in [-0.15, -0.1) is 0 Å². The summed E-state index contributed by atoms with van der Waals surface area (Å²) in [6.07, 6.45) is 2.23. The van der Waals surface area contributed by atoms with Crippen molar-refractivity contribution in [3.63, 3.8) is 0 Å². The van der Waals surface area contributed by atoms with E-state index in [1.54, 1.807) is 30.4 Å². The van der Waals surface area contributed by atoms with Gasteiger partial charge in [-0.1, -0.05) is 29.8 Å². The van der Waals surface area contributed by atoms with Crippen molar-refractivity contribution >= 4 is 21.6 Å². The third-order valence-electron chi connectivity index (χ3n) is 4.21. The van der Waals surface area contributed by atoms with Crippen molar-refractivity contribution in [2.75, 3.05) is 20.2 Å². The predicted molar refractivity (Wildman–Crippen MR) is 96.6 cm³/mol. The SMILES string of the molecule is CN1OCC(S(=O)(=O)NCCc2ccccn2)C1c1ccc(Cl)cc1. The van der Waals surface area contributed by atoms with E-state index >= 15 is 0 Å². The Morgan fingerprint density at radius 3 is 2.72 bits per heavy atom. The third kappa shape index (κ3) is 4.37. The fraction of sp³-hybridized carbons (Fsp3) is 0.353. The van der Waals surface area contributed by atoms with Crippen LogP contribution in [-0.2, 0) is 21.3 Å². The molecule has 1 saturated heterocycles. The lowest BCUT2D eigenvalue weighted by atomic mass is 10.0. The molecule has 134 valence electrons. The van der Waals surface area contributed by atoms with Crippen molar-refractivity contribution in [1.82, 2.24) is 14.8 Å². The Morgan fingerprint density at radius 1 is 1.28 bits per heavy atom. The number of halogens is 1. The van der Waals surface area contributed by atoms with Crippen molar-refractivity contribution in [3.05, 3.63) is 64.9 Å². The summed E-state index contributed by atoms with van der Waals surface area (Å²) in [5.74, 6) is 0. The summed E-state index contributed by atoms with van der Waals surface area (Å²) in [6, 6.07) is 12.4. The number of pyridine rings is 1. The van der Waals surface area contributed by atoms with E-state index in [1.165, 1.54) is 0 Å². The number of hydrogen-bond acceptors (Lipinski definition) is 5. The van der Waals surface area contributed by atoms with Crippen molar-refractivity contribution in [1.29, 1.82) is 0 Å². The number of hydroxylamine groups is 2. The van der Waals surface area contributed by atoms with E-state index in [0.717, 1.165) is 11.3 Å². The van der Waals surface area contributed by atoms with Crippen LogP contribution in [0.4, 0.5) is 0 Å². The Labute approximate surface area is 152 Å². The molecule has 1 aliphatic rings. The monoisotopic (exact) mass is 381 g/mol. The van der Waals surface area contributed by atoms with E-state index in [0.29, 0.717) is 18.0 Å². The maximum atomic E-state index is 12.8. The molecule has 2 atom stereocenters. The van der Waals surface area contributed by atoms with Gasteiger partial charge in [-0.05, 0) is 29.8 Å². The van der Waals surface area contributed by atoms with Crippen LogP contribution in [0.15, 0.2) is 48.7 Å². The van der Waals surface area contributed by atoms with E-state index < -0.39 is 15.3 Å². The van der Waals surface area contributed by atoms with Gasteiger partial charge in [0.15, 0.2) is 0 Å². The van der Waals surface area contributed by atoms with Crippen molar-refractivity contribution in [3.8, 4) is 0 Å². The Balaban J connectivity index is 1.70. The molecule has 0 amide bonds. The smallest absolute Gasteiger partial charge is 0.218 e. The standard InChI is InChI=1S/C17H20ClN3O3S/c1-21-17(13-5-7-14(18)8-6-13)16(12-24-21)25(22,23)20-11-9-15-4-2-3-10-19-15/h2-8,10,16-17,20H,9,11-12H2,1H3. The van der Waals surface area contributed by atoms with Crippen molar-refractivity contribution < 1.29 is 13.3 Å². The fourth-order valence-corrected chi connectivity index (χ4v) is 4.55. The molecule has 25 heavy (non-hydrogen) atoms. The second-order valence-electron chi connectivity index (χ2n) is 5.89. The van der Waals surface area contributed by atoms with Gasteiger partial charge in [0.25, 0.3) is 0 Å². The minimum absolute atomic E-state index is 0.114. The van der Waals surface area contributed by atoms with Crippen LogP contribution >= 0.6 is 11.6 Å². The molecule has 3 rings (SSSR count). The quantitative estimate of drug-likeness (QED) is 0.830. The number of benzene rings is 1. The van der Waals surface area contributed by atoms with Gasteiger partial charge >= 0.3 is 0 Å². The summed E-state index contributed by atoms with van der Waals surface area (Å²) in [7, 11) is -1.81. The first-order valence-corrected chi connectivity index (χ1v) is 9.89. The zero-order valence-electron chi connectivity index (χ0n) is 13.8. The maximum Gasteiger partial charge on any atom is 0.218 e. The molecule has 2 aromatic rings. The van der Waals surface area contributed by atoms with Gasteiger partial charge in [-0.25, -0.2) is 13.1 Å². The van der Waals surface area contributed by atoms with Crippen LogP contribution < -0.4 is 4.72 Å². The van der Waals surface area contributed by atoms with Crippen LogP contribution in [0.3, 0.4) is 0 Å². The van der Waals surface area contributed by atoms with Gasteiger partial charge in [-0.2, -0.15) is 5.06 Å². The summed E-state index contributed by atoms with van der Waals surface area (Å²) in [6.45, 7) is 0.412. The Hall–Kier alpha value is -1.51. The molecule has 1 aromatic carbocycles. The number of rotatable bonds is 6. The molecule has 8 heteroatoms. The largest absolute Gasteiger partial charge is 0.297 e. The van der Waals surface area contributed by atoms with E-state index in [2.05, 4.69) is 9.71 Å². The van der Waals surface area contributed by atoms with E-state index in [4.69, 9.17) is 16.4 Å². The Bertz CT molecular complexity index is 800. The van der Waals surface area contributed by atoms with Gasteiger partial charge in [0.1, 0.15) is 5.25 Å². The molecule has 0 spiro atoms. The van der Waals surface area contributed by atoms with Gasteiger partial charge in [0, 0.05) is 36.9 Å². The number of sulfonamides is 1. The highest BCUT2D eigenvalue weighted by Crippen LogP contribution is 2.33. The average Bonchev–Trinajstić information content (AvgIpc) is 2.99. The zero-order chi connectivity index (χ0) is 17.9. The Morgan fingerprint density at radius 2 is 2.04 bits per heavy atom. The minimum atomic E-state index is -3.55. The fourth-order valence-electron chi connectivity index (χ4n) is 2.91. The van der Waals surface area contributed by atoms with Crippen LogP contribution in [0, 0.1) is 0 Å². The number of nitrogens with zero attached hydrogens (tertiary/aromatic N) is 2. The predicted octanol–water partition coefficient (Wildman–Crippen LogP) is 2.18. The summed E-state index contributed by atoms with van der Waals surface area (Å²) in [5.41, 5.74) is 1.70. The molecule has 1 aliphatic heterocycles. The molecule has 0 radical (unpaired) electrons. The molecule has 1 aromatic heterocycles. The highest BCUT2D eigenvalue weighted by molar-refractivity contribution is 7.90. The van der Waals surface area contributed by atoms with Gasteiger partial charge < -0.3 is 0 Å². The third-order valence-corrected chi connectivity index (χ3v) is 6.26. The molecular formula is C17H20ClN3O3S. The van der Waals surface area contributed by atoms with Crippen LogP contribution in [0.25, 0.3) is 0 Å². The molecule has 1 N–H and O–H groups in total. The van der Waals surface area contributed by atoms with E-state index in [9.17, 15) is 8.42 Å². The molecular weight excluding hydrogens is 362 g/mol. The van der Waals surface area contributed by atoms with Gasteiger partial charge in [-0.3, -0.25) is 9.82 Å².